The molecule has 3 rings (SSSR count). The molecule has 0 aliphatic heterocycles. The Labute approximate surface area is 243 Å². The van der Waals surface area contributed by atoms with Crippen LogP contribution in [0, 0.1) is 28.5 Å². The van der Waals surface area contributed by atoms with Gasteiger partial charge in [0.2, 0.25) is 0 Å². The van der Waals surface area contributed by atoms with E-state index in [4.69, 9.17) is 4.74 Å². The quantitative estimate of drug-likeness (QED) is 0.111. The Morgan fingerprint density at radius 3 is 2.53 bits per heavy atom. The van der Waals surface area contributed by atoms with E-state index in [0.29, 0.717) is 10.6 Å². The molecule has 0 fully saturated rings. The van der Waals surface area contributed by atoms with Gasteiger partial charge in [0.1, 0.15) is 28.5 Å². The number of carbonyl (C=O) groups is 2. The van der Waals surface area contributed by atoms with Crippen molar-refractivity contribution in [2.24, 2.45) is 0 Å². The van der Waals surface area contributed by atoms with Gasteiger partial charge in [-0.2, -0.15) is 10.5 Å². The molecular weight excluding hydrogens is 484 g/mol. The summed E-state index contributed by atoms with van der Waals surface area (Å²) in [5, 5.41) is 35.3. The zero-order valence-corrected chi connectivity index (χ0v) is 22.7. The molecule has 7 nitrogen and oxygen atoms in total. The van der Waals surface area contributed by atoms with Crippen molar-refractivity contribution in [1.82, 2.24) is 0 Å². The zero-order valence-electron chi connectivity index (χ0n) is 18.7. The van der Waals surface area contributed by atoms with Gasteiger partial charge in [-0.05, 0) is 62.4 Å². The molecule has 0 bridgehead atoms. The van der Waals surface area contributed by atoms with Crippen LogP contribution in [0.15, 0.2) is 47.4 Å². The molecule has 2 aromatic rings. The molecule has 1 aromatic carbocycles. The first-order chi connectivity index (χ1) is 15.9. The molecule has 10 heteroatoms. The second-order valence-corrected chi connectivity index (χ2v) is 8.22. The third-order valence-electron chi connectivity index (χ3n) is 5.00. The van der Waals surface area contributed by atoms with Crippen LogP contribution in [0.3, 0.4) is 0 Å². The maximum atomic E-state index is 13.2. The summed E-state index contributed by atoms with van der Waals surface area (Å²) >= 11 is 1.30. The van der Waals surface area contributed by atoms with Gasteiger partial charge in [0.25, 0.3) is 0 Å². The van der Waals surface area contributed by atoms with Crippen LogP contribution in [0.1, 0.15) is 46.1 Å². The average Bonchev–Trinajstić information content (AvgIpc) is 3.16. The fourth-order valence-corrected chi connectivity index (χ4v) is 4.66. The number of nitrogens with zero attached hydrogens (tertiary/aromatic N) is 2. The van der Waals surface area contributed by atoms with Gasteiger partial charge >= 0.3 is 57.4 Å². The number of carbonyl (C=O) groups excluding carboxylic acids is 2. The van der Waals surface area contributed by atoms with Crippen LogP contribution in [0.5, 0.6) is 0 Å². The number of aryl methyl sites for hydroxylation is 1. The Kier molecular flexibility index (Phi) is 10.6. The summed E-state index contributed by atoms with van der Waals surface area (Å²) in [4.78, 5) is 25.9. The van der Waals surface area contributed by atoms with Gasteiger partial charge < -0.3 is 15.2 Å². The van der Waals surface area contributed by atoms with Crippen molar-refractivity contribution >= 4 is 28.1 Å². The summed E-state index contributed by atoms with van der Waals surface area (Å²) in [7, 11) is 0. The normalized spacial score (nSPS) is 13.4. The van der Waals surface area contributed by atoms with Gasteiger partial charge in [0.15, 0.2) is 5.78 Å². The first-order valence-corrected chi connectivity index (χ1v) is 11.0. The van der Waals surface area contributed by atoms with Gasteiger partial charge in [0.05, 0.1) is 12.2 Å². The van der Waals surface area contributed by atoms with Crippen LogP contribution in [-0.2, 0) is 22.4 Å². The number of nitriles is 2. The minimum atomic E-state index is -1.11. The summed E-state index contributed by atoms with van der Waals surface area (Å²) in [5.74, 6) is -3.33. The van der Waals surface area contributed by atoms with Gasteiger partial charge in [-0.1, -0.05) is 5.76 Å². The number of esters is 1. The van der Waals surface area contributed by atoms with Crippen molar-refractivity contribution in [3.8, 4) is 12.1 Å². The van der Waals surface area contributed by atoms with Crippen molar-refractivity contribution in [2.45, 2.75) is 32.6 Å². The molecular formula is C24H19FKN3O4S. The Hall–Kier alpha value is -2.31. The fraction of sp³-hybridized carbons (Fsp3) is 0.250. The van der Waals surface area contributed by atoms with E-state index < -0.39 is 28.9 Å². The second-order valence-electron chi connectivity index (χ2n) is 7.12. The molecule has 1 aromatic heterocycles. The Balaban J connectivity index is 0.00000408. The third-order valence-corrected chi connectivity index (χ3v) is 6.21. The maximum Gasteiger partial charge on any atom is 1.00 e. The van der Waals surface area contributed by atoms with Gasteiger partial charge in [-0.25, -0.2) is 9.18 Å². The number of halogens is 1. The maximum absolute atomic E-state index is 13.2. The number of allylic oxidation sites excluding steroid dienone is 1. The van der Waals surface area contributed by atoms with Crippen LogP contribution in [0.4, 0.5) is 9.39 Å². The van der Waals surface area contributed by atoms with E-state index in [-0.39, 0.29) is 69.3 Å². The molecule has 1 heterocycles. The van der Waals surface area contributed by atoms with Gasteiger partial charge in [-0.15, -0.1) is 11.3 Å². The number of ether oxygens (including phenoxy) is 1. The minimum Gasteiger partial charge on any atom is -0.870 e. The van der Waals surface area contributed by atoms with E-state index >= 15 is 0 Å². The van der Waals surface area contributed by atoms with E-state index in [2.05, 4.69) is 11.4 Å². The van der Waals surface area contributed by atoms with Crippen molar-refractivity contribution in [2.75, 3.05) is 11.9 Å². The number of thiophene rings is 1. The van der Waals surface area contributed by atoms with Crippen LogP contribution >= 0.6 is 11.3 Å². The van der Waals surface area contributed by atoms with Crippen molar-refractivity contribution < 1.29 is 75.2 Å². The number of fused-ring (bicyclic) bond motifs is 1. The SMILES string of the molecule is CCOC(=O)C(C#N)=C([O-])C(=CC(=O)c1ccc(F)cc1)Nc1sc2c(c1C#N)CCCC2.[K+]. The summed E-state index contributed by atoms with van der Waals surface area (Å²) < 4.78 is 18.0. The average molecular weight is 504 g/mol. The molecule has 1 aliphatic rings. The predicted octanol–water partition coefficient (Wildman–Crippen LogP) is 0.521. The van der Waals surface area contributed by atoms with Crippen LogP contribution in [0.2, 0.25) is 0 Å². The summed E-state index contributed by atoms with van der Waals surface area (Å²) in [6, 6.07) is 8.39. The summed E-state index contributed by atoms with van der Waals surface area (Å²) in [6.07, 6.45) is 4.40. The minimum absolute atomic E-state index is 0. The van der Waals surface area contributed by atoms with Crippen LogP contribution in [0.25, 0.3) is 0 Å². The van der Waals surface area contributed by atoms with E-state index in [1.807, 2.05) is 0 Å². The van der Waals surface area contributed by atoms with Crippen LogP contribution < -0.4 is 61.8 Å². The number of rotatable bonds is 7. The molecule has 168 valence electrons. The van der Waals surface area contributed by atoms with Crippen molar-refractivity contribution in [3.63, 3.8) is 0 Å². The van der Waals surface area contributed by atoms with Gasteiger partial charge in [-0.3, -0.25) is 4.79 Å². The van der Waals surface area contributed by atoms with Crippen molar-refractivity contribution in [3.05, 3.63) is 74.8 Å². The number of hydrogen-bond acceptors (Lipinski definition) is 8. The van der Waals surface area contributed by atoms with E-state index in [1.165, 1.54) is 36.5 Å². The van der Waals surface area contributed by atoms with Crippen LogP contribution in [-0.4, -0.2) is 18.4 Å². The predicted molar refractivity (Wildman–Crippen MR) is 117 cm³/mol. The second kappa shape index (κ2) is 13.0. The standard InChI is InChI=1S/C24H20FN3O4S.K/c1-2-32-24(31)18(13-27)22(30)19(11-20(29)14-7-9-15(25)10-8-14)28-23-17(12-26)16-5-3-4-6-21(16)33-23;/h7-11,28,30H,2-6H2,1H3;/q;+1/p-1. The molecule has 34 heavy (non-hydrogen) atoms. The molecule has 0 amide bonds. The Bertz CT molecular complexity index is 1240. The molecule has 0 unspecified atom stereocenters. The number of benzene rings is 1. The van der Waals surface area contributed by atoms with E-state index in [9.17, 15) is 29.6 Å². The zero-order chi connectivity index (χ0) is 24.0. The smallest absolute Gasteiger partial charge is 0.870 e. The first kappa shape index (κ1) is 27.9. The Morgan fingerprint density at radius 1 is 1.24 bits per heavy atom. The Morgan fingerprint density at radius 2 is 1.91 bits per heavy atom. The summed E-state index contributed by atoms with van der Waals surface area (Å²) in [6.45, 7) is 1.48. The number of ketones is 1. The number of nitrogens with one attached hydrogen (secondary N) is 1. The number of anilines is 1. The first-order valence-electron chi connectivity index (χ1n) is 10.2. The monoisotopic (exact) mass is 503 g/mol. The van der Waals surface area contributed by atoms with Crippen molar-refractivity contribution in [1.29, 1.82) is 10.5 Å². The summed E-state index contributed by atoms with van der Waals surface area (Å²) in [5.41, 5.74) is 0.218. The molecule has 0 saturated carbocycles. The molecule has 0 atom stereocenters. The van der Waals surface area contributed by atoms with E-state index in [1.54, 1.807) is 0 Å². The molecule has 0 saturated heterocycles. The molecule has 1 aliphatic carbocycles. The number of hydrogen-bond donors (Lipinski definition) is 1. The molecule has 0 radical (unpaired) electrons. The fourth-order valence-electron chi connectivity index (χ4n) is 3.41. The topological polar surface area (TPSA) is 126 Å². The largest absolute Gasteiger partial charge is 1.00 e. The third kappa shape index (κ3) is 6.42. The van der Waals surface area contributed by atoms with E-state index in [0.717, 1.165) is 54.3 Å². The molecule has 1 N–H and O–H groups in total. The van der Waals surface area contributed by atoms with Gasteiger partial charge in [0, 0.05) is 22.2 Å². The molecule has 0 spiro atoms.